The molecule has 1 aromatic carbocycles. The van der Waals surface area contributed by atoms with Crippen LogP contribution in [0.4, 0.5) is 11.5 Å². The molecule has 2 aromatic rings. The van der Waals surface area contributed by atoms with Crippen LogP contribution >= 0.6 is 11.8 Å². The number of aryl methyl sites for hydroxylation is 1. The Kier molecular flexibility index (Phi) is 4.95. The number of carbonyl (C=O) groups is 1. The van der Waals surface area contributed by atoms with Crippen LogP contribution in [0.1, 0.15) is 22.8 Å². The highest BCUT2D eigenvalue weighted by molar-refractivity contribution is 8.00. The first-order chi connectivity index (χ1) is 12.3. The van der Waals surface area contributed by atoms with Crippen molar-refractivity contribution in [2.24, 2.45) is 14.1 Å². The molecule has 3 rings (SSSR count). The van der Waals surface area contributed by atoms with Gasteiger partial charge in [-0.25, -0.2) is 4.79 Å². The molecule has 1 aliphatic heterocycles. The molecule has 0 saturated carbocycles. The monoisotopic (exact) mass is 374 g/mol. The SMILES string of the molecule is CCc1ccc(C(=O)CSC2Nc3c(n(C)c(=O)n(C)c3=O)N2C)cc1. The van der Waals surface area contributed by atoms with Crippen molar-refractivity contribution in [1.29, 1.82) is 0 Å². The fourth-order valence-electron chi connectivity index (χ4n) is 3.02. The van der Waals surface area contributed by atoms with Crippen molar-refractivity contribution in [3.8, 4) is 0 Å². The van der Waals surface area contributed by atoms with Gasteiger partial charge >= 0.3 is 5.69 Å². The van der Waals surface area contributed by atoms with Crippen LogP contribution in [0.25, 0.3) is 0 Å². The summed E-state index contributed by atoms with van der Waals surface area (Å²) in [6.07, 6.45) is 0.936. The maximum Gasteiger partial charge on any atom is 0.332 e. The van der Waals surface area contributed by atoms with E-state index in [0.29, 0.717) is 17.1 Å². The van der Waals surface area contributed by atoms with Gasteiger partial charge in [-0.2, -0.15) is 0 Å². The van der Waals surface area contributed by atoms with E-state index in [1.165, 1.54) is 28.9 Å². The molecule has 0 aliphatic carbocycles. The number of aromatic nitrogens is 2. The van der Waals surface area contributed by atoms with Crippen LogP contribution in [0.3, 0.4) is 0 Å². The third kappa shape index (κ3) is 3.05. The van der Waals surface area contributed by atoms with E-state index in [-0.39, 0.29) is 28.3 Å². The summed E-state index contributed by atoms with van der Waals surface area (Å²) in [7, 11) is 4.89. The third-order valence-corrected chi connectivity index (χ3v) is 5.82. The first-order valence-electron chi connectivity index (χ1n) is 8.38. The fourth-order valence-corrected chi connectivity index (χ4v) is 4.02. The second-order valence-corrected chi connectivity index (χ2v) is 7.37. The molecule has 2 heterocycles. The van der Waals surface area contributed by atoms with Gasteiger partial charge in [-0.1, -0.05) is 31.2 Å². The Morgan fingerprint density at radius 2 is 1.77 bits per heavy atom. The van der Waals surface area contributed by atoms with Crippen LogP contribution in [0.2, 0.25) is 0 Å². The number of nitrogens with zero attached hydrogens (tertiary/aromatic N) is 3. The van der Waals surface area contributed by atoms with Crippen molar-refractivity contribution in [1.82, 2.24) is 9.13 Å². The fraction of sp³-hybridized carbons (Fsp3) is 0.389. The molecule has 138 valence electrons. The summed E-state index contributed by atoms with van der Waals surface area (Å²) in [6.45, 7) is 2.07. The summed E-state index contributed by atoms with van der Waals surface area (Å²) >= 11 is 1.39. The van der Waals surface area contributed by atoms with E-state index >= 15 is 0 Å². The van der Waals surface area contributed by atoms with Crippen LogP contribution in [-0.2, 0) is 20.5 Å². The quantitative estimate of drug-likeness (QED) is 0.798. The molecular weight excluding hydrogens is 352 g/mol. The molecule has 0 saturated heterocycles. The number of rotatable bonds is 5. The van der Waals surface area contributed by atoms with Crippen LogP contribution in [0, 0.1) is 0 Å². The molecule has 1 aliphatic rings. The number of anilines is 2. The number of benzene rings is 1. The lowest BCUT2D eigenvalue weighted by Crippen LogP contribution is -2.38. The molecular formula is C18H22N4O3S. The van der Waals surface area contributed by atoms with Gasteiger partial charge in [0.25, 0.3) is 5.56 Å². The van der Waals surface area contributed by atoms with Crippen molar-refractivity contribution < 1.29 is 4.79 Å². The van der Waals surface area contributed by atoms with Crippen molar-refractivity contribution in [2.45, 2.75) is 18.8 Å². The van der Waals surface area contributed by atoms with Gasteiger partial charge in [-0.05, 0) is 12.0 Å². The standard InChI is InChI=1S/C18H22N4O3S/c1-5-11-6-8-12(9-7-11)13(23)10-26-17-19-14-15(20(17)2)21(3)18(25)22(4)16(14)24/h6-9,17,19H,5,10H2,1-4H3. The van der Waals surface area contributed by atoms with E-state index in [2.05, 4.69) is 12.2 Å². The maximum atomic E-state index is 12.4. The Bertz CT molecular complexity index is 962. The predicted molar refractivity (Wildman–Crippen MR) is 105 cm³/mol. The van der Waals surface area contributed by atoms with E-state index in [1.54, 1.807) is 14.1 Å². The molecule has 0 spiro atoms. The minimum Gasteiger partial charge on any atom is -0.349 e. The molecule has 8 heteroatoms. The molecule has 0 radical (unpaired) electrons. The van der Waals surface area contributed by atoms with Gasteiger partial charge in [-0.3, -0.25) is 18.7 Å². The summed E-state index contributed by atoms with van der Waals surface area (Å²) in [4.78, 5) is 38.7. The van der Waals surface area contributed by atoms with Crippen LogP contribution < -0.4 is 21.5 Å². The van der Waals surface area contributed by atoms with Crippen LogP contribution in [-0.4, -0.2) is 33.2 Å². The van der Waals surface area contributed by atoms with E-state index < -0.39 is 0 Å². The number of nitrogens with one attached hydrogen (secondary N) is 1. The normalized spacial score (nSPS) is 15.7. The van der Waals surface area contributed by atoms with Gasteiger partial charge in [-0.15, -0.1) is 11.8 Å². The third-order valence-electron chi connectivity index (χ3n) is 4.64. The van der Waals surface area contributed by atoms with Gasteiger partial charge in [0.2, 0.25) is 0 Å². The molecule has 1 N–H and O–H groups in total. The molecule has 26 heavy (non-hydrogen) atoms. The number of thioether (sulfide) groups is 1. The highest BCUT2D eigenvalue weighted by atomic mass is 32.2. The number of Topliss-reactive ketones (excluding diaryl/α,β-unsaturated/α-hetero) is 1. The number of hydrogen-bond acceptors (Lipinski definition) is 6. The molecule has 1 unspecified atom stereocenters. The lowest BCUT2D eigenvalue weighted by atomic mass is 10.1. The second-order valence-electron chi connectivity index (χ2n) is 6.30. The van der Waals surface area contributed by atoms with Crippen molar-refractivity contribution in [2.75, 3.05) is 23.0 Å². The van der Waals surface area contributed by atoms with Gasteiger partial charge < -0.3 is 10.2 Å². The van der Waals surface area contributed by atoms with Crippen molar-refractivity contribution in [3.05, 3.63) is 56.2 Å². The Morgan fingerprint density at radius 1 is 1.12 bits per heavy atom. The van der Waals surface area contributed by atoms with E-state index in [0.717, 1.165) is 11.0 Å². The lowest BCUT2D eigenvalue weighted by Gasteiger charge is -2.22. The van der Waals surface area contributed by atoms with E-state index in [4.69, 9.17) is 0 Å². The molecule has 1 atom stereocenters. The lowest BCUT2D eigenvalue weighted by molar-refractivity contribution is 0.102. The molecule has 0 fully saturated rings. The Morgan fingerprint density at radius 3 is 2.38 bits per heavy atom. The summed E-state index contributed by atoms with van der Waals surface area (Å²) < 4.78 is 2.52. The average molecular weight is 374 g/mol. The zero-order valence-electron chi connectivity index (χ0n) is 15.3. The van der Waals surface area contributed by atoms with Gasteiger partial charge in [0.05, 0.1) is 5.75 Å². The van der Waals surface area contributed by atoms with Gasteiger partial charge in [0.1, 0.15) is 17.0 Å². The summed E-state index contributed by atoms with van der Waals surface area (Å²) in [5, 5.41) is 3.13. The smallest absolute Gasteiger partial charge is 0.332 e. The van der Waals surface area contributed by atoms with Crippen molar-refractivity contribution >= 4 is 29.1 Å². The number of fused-ring (bicyclic) bond motifs is 1. The largest absolute Gasteiger partial charge is 0.349 e. The molecule has 1 aromatic heterocycles. The number of carbonyl (C=O) groups excluding carboxylic acids is 1. The Balaban J connectivity index is 1.75. The Labute approximate surface area is 155 Å². The van der Waals surface area contributed by atoms with Crippen LogP contribution in [0.15, 0.2) is 33.9 Å². The topological polar surface area (TPSA) is 76.3 Å². The Hall–Kier alpha value is -2.48. The highest BCUT2D eigenvalue weighted by Gasteiger charge is 2.32. The van der Waals surface area contributed by atoms with Crippen LogP contribution in [0.5, 0.6) is 0 Å². The van der Waals surface area contributed by atoms with E-state index in [1.807, 2.05) is 29.2 Å². The molecule has 0 bridgehead atoms. The highest BCUT2D eigenvalue weighted by Crippen LogP contribution is 2.33. The summed E-state index contributed by atoms with van der Waals surface area (Å²) in [6, 6.07) is 7.63. The maximum absolute atomic E-state index is 12.4. The predicted octanol–water partition coefficient (Wildman–Crippen LogP) is 1.41. The molecule has 7 nitrogen and oxygen atoms in total. The van der Waals surface area contributed by atoms with Gasteiger partial charge in [0.15, 0.2) is 5.78 Å². The van der Waals surface area contributed by atoms with E-state index in [9.17, 15) is 14.4 Å². The minimum absolute atomic E-state index is 0.0330. The number of hydrogen-bond donors (Lipinski definition) is 1. The zero-order chi connectivity index (χ0) is 19.0. The zero-order valence-corrected chi connectivity index (χ0v) is 16.1. The average Bonchev–Trinajstić information content (AvgIpc) is 2.99. The summed E-state index contributed by atoms with van der Waals surface area (Å²) in [5.41, 5.74) is 1.23. The number of ketones is 1. The molecule has 0 amide bonds. The second kappa shape index (κ2) is 7.03. The first kappa shape index (κ1) is 18.3. The first-order valence-corrected chi connectivity index (χ1v) is 9.43. The summed E-state index contributed by atoms with van der Waals surface area (Å²) in [5.74, 6) is 0.844. The van der Waals surface area contributed by atoms with Crippen molar-refractivity contribution in [3.63, 3.8) is 0 Å². The van der Waals surface area contributed by atoms with Gasteiger partial charge in [0, 0.05) is 26.7 Å². The minimum atomic E-state index is -0.375.